The fourth-order valence-corrected chi connectivity index (χ4v) is 2.81. The number of amides is 1. The molecule has 0 aliphatic heterocycles. The van der Waals surface area contributed by atoms with Gasteiger partial charge >= 0.3 is 11.7 Å². The summed E-state index contributed by atoms with van der Waals surface area (Å²) in [7, 11) is 0. The number of aromatic nitrogens is 4. The van der Waals surface area contributed by atoms with Gasteiger partial charge < -0.3 is 20.0 Å². The Morgan fingerprint density at radius 3 is 2.59 bits per heavy atom. The van der Waals surface area contributed by atoms with E-state index in [1.165, 1.54) is 6.92 Å². The number of esters is 1. The predicted octanol–water partition coefficient (Wildman–Crippen LogP) is 2.23. The number of imidazole rings is 1. The number of hydrogen-bond acceptors (Lipinski definition) is 5. The molecule has 2 aromatic carbocycles. The summed E-state index contributed by atoms with van der Waals surface area (Å²) in [6.07, 6.45) is 2.45. The van der Waals surface area contributed by atoms with Crippen molar-refractivity contribution in [3.8, 4) is 5.69 Å². The van der Waals surface area contributed by atoms with E-state index in [0.717, 1.165) is 5.69 Å². The van der Waals surface area contributed by atoms with Gasteiger partial charge in [0, 0.05) is 18.1 Å². The van der Waals surface area contributed by atoms with Crippen molar-refractivity contribution in [2.24, 2.45) is 0 Å². The number of aromatic amines is 2. The molecule has 0 saturated heterocycles. The van der Waals surface area contributed by atoms with Gasteiger partial charge in [-0.3, -0.25) is 4.79 Å². The first-order valence-corrected chi connectivity index (χ1v) is 8.83. The normalized spacial score (nSPS) is 11.9. The third kappa shape index (κ3) is 3.93. The summed E-state index contributed by atoms with van der Waals surface area (Å²) in [4.78, 5) is 41.2. The molecule has 0 saturated carbocycles. The Bertz CT molecular complexity index is 1220. The van der Waals surface area contributed by atoms with Crippen LogP contribution in [-0.2, 0) is 9.53 Å². The molecule has 0 radical (unpaired) electrons. The summed E-state index contributed by atoms with van der Waals surface area (Å²) in [5, 5.41) is 6.78. The second-order valence-electron chi connectivity index (χ2n) is 6.37. The summed E-state index contributed by atoms with van der Waals surface area (Å²) in [5.41, 5.74) is 2.47. The van der Waals surface area contributed by atoms with Crippen LogP contribution < -0.4 is 11.0 Å². The lowest BCUT2D eigenvalue weighted by atomic mass is 10.2. The molecule has 1 amide bonds. The van der Waals surface area contributed by atoms with Crippen LogP contribution in [0.15, 0.2) is 65.7 Å². The van der Waals surface area contributed by atoms with Gasteiger partial charge in [0.15, 0.2) is 6.10 Å². The molecule has 3 N–H and O–H groups in total. The van der Waals surface area contributed by atoms with Crippen molar-refractivity contribution < 1.29 is 14.3 Å². The van der Waals surface area contributed by atoms with Crippen LogP contribution >= 0.6 is 0 Å². The van der Waals surface area contributed by atoms with E-state index in [1.807, 2.05) is 0 Å². The lowest BCUT2D eigenvalue weighted by Crippen LogP contribution is -2.30. The second kappa shape index (κ2) is 7.47. The number of rotatable bonds is 5. The maximum atomic E-state index is 12.4. The summed E-state index contributed by atoms with van der Waals surface area (Å²) in [5.74, 6) is -1.09. The zero-order valence-electron chi connectivity index (χ0n) is 15.4. The number of carbonyl (C=O) groups is 2. The highest BCUT2D eigenvalue weighted by Gasteiger charge is 2.19. The smallest absolute Gasteiger partial charge is 0.338 e. The van der Waals surface area contributed by atoms with Crippen LogP contribution in [-0.4, -0.2) is 37.7 Å². The number of H-pyrrole nitrogens is 2. The highest BCUT2D eigenvalue weighted by atomic mass is 16.5. The Labute approximate surface area is 164 Å². The third-order valence-corrected chi connectivity index (χ3v) is 4.31. The van der Waals surface area contributed by atoms with Gasteiger partial charge in [-0.1, -0.05) is 0 Å². The van der Waals surface area contributed by atoms with Crippen molar-refractivity contribution in [1.29, 1.82) is 0 Å². The maximum absolute atomic E-state index is 12.4. The zero-order valence-corrected chi connectivity index (χ0v) is 15.4. The van der Waals surface area contributed by atoms with Gasteiger partial charge in [-0.2, -0.15) is 5.10 Å². The maximum Gasteiger partial charge on any atom is 0.338 e. The average molecular weight is 391 g/mol. The van der Waals surface area contributed by atoms with E-state index >= 15 is 0 Å². The Morgan fingerprint density at radius 2 is 1.86 bits per heavy atom. The van der Waals surface area contributed by atoms with Gasteiger partial charge in [-0.25, -0.2) is 14.3 Å². The first-order chi connectivity index (χ1) is 14.0. The molecule has 4 rings (SSSR count). The molecule has 0 bridgehead atoms. The van der Waals surface area contributed by atoms with Crippen molar-refractivity contribution in [2.45, 2.75) is 13.0 Å². The number of anilines is 1. The van der Waals surface area contributed by atoms with Crippen molar-refractivity contribution in [3.05, 3.63) is 77.0 Å². The van der Waals surface area contributed by atoms with E-state index < -0.39 is 18.0 Å². The highest BCUT2D eigenvalue weighted by molar-refractivity contribution is 5.98. The molecule has 0 fully saturated rings. The van der Waals surface area contributed by atoms with E-state index in [9.17, 15) is 14.4 Å². The van der Waals surface area contributed by atoms with Crippen LogP contribution in [0.1, 0.15) is 17.3 Å². The van der Waals surface area contributed by atoms with Gasteiger partial charge in [-0.05, 0) is 55.5 Å². The molecule has 29 heavy (non-hydrogen) atoms. The van der Waals surface area contributed by atoms with Crippen LogP contribution in [0.5, 0.6) is 0 Å². The third-order valence-electron chi connectivity index (χ3n) is 4.31. The van der Waals surface area contributed by atoms with Crippen LogP contribution in [0, 0.1) is 0 Å². The molecule has 146 valence electrons. The van der Waals surface area contributed by atoms with Crippen molar-refractivity contribution in [1.82, 2.24) is 19.7 Å². The number of ether oxygens (including phenoxy) is 1. The quantitative estimate of drug-likeness (QED) is 0.450. The van der Waals surface area contributed by atoms with Crippen LogP contribution in [0.2, 0.25) is 0 Å². The molecule has 1 atom stereocenters. The monoisotopic (exact) mass is 391 g/mol. The van der Waals surface area contributed by atoms with Gasteiger partial charge in [-0.15, -0.1) is 0 Å². The number of fused-ring (bicyclic) bond motifs is 1. The first-order valence-electron chi connectivity index (χ1n) is 8.83. The highest BCUT2D eigenvalue weighted by Crippen LogP contribution is 2.16. The van der Waals surface area contributed by atoms with Gasteiger partial charge in [0.05, 0.1) is 22.3 Å². The number of carbonyl (C=O) groups excluding carboxylic acids is 2. The van der Waals surface area contributed by atoms with E-state index in [-0.39, 0.29) is 5.69 Å². The first kappa shape index (κ1) is 18.2. The largest absolute Gasteiger partial charge is 0.449 e. The molecule has 4 aromatic rings. The standard InChI is InChI=1S/C20H17N5O4/c1-12(18(26)22-14-5-8-16-17(11-14)24-20(28)23-16)29-19(27)13-3-6-15(7-4-13)25-10-2-9-21-25/h2-12H,1H3,(H,22,26)(H2,23,24,28)/t12-/m0/s1. The molecule has 9 nitrogen and oxygen atoms in total. The van der Waals surface area contributed by atoms with E-state index in [0.29, 0.717) is 22.3 Å². The number of nitrogens with one attached hydrogen (secondary N) is 3. The number of benzene rings is 2. The lowest BCUT2D eigenvalue weighted by Gasteiger charge is -2.14. The van der Waals surface area contributed by atoms with Crippen molar-refractivity contribution in [2.75, 3.05) is 5.32 Å². The van der Waals surface area contributed by atoms with E-state index in [1.54, 1.807) is 65.6 Å². The Morgan fingerprint density at radius 1 is 1.10 bits per heavy atom. The topological polar surface area (TPSA) is 122 Å². The van der Waals surface area contributed by atoms with Gasteiger partial charge in [0.25, 0.3) is 5.91 Å². The summed E-state index contributed by atoms with van der Waals surface area (Å²) in [6.45, 7) is 1.49. The Hall–Kier alpha value is -4.14. The molecule has 9 heteroatoms. The van der Waals surface area contributed by atoms with Crippen LogP contribution in [0.4, 0.5) is 5.69 Å². The molecular weight excluding hydrogens is 374 g/mol. The van der Waals surface area contributed by atoms with E-state index in [4.69, 9.17) is 4.74 Å². The second-order valence-corrected chi connectivity index (χ2v) is 6.37. The summed E-state index contributed by atoms with van der Waals surface area (Å²) >= 11 is 0. The average Bonchev–Trinajstić information content (AvgIpc) is 3.36. The molecule has 0 unspecified atom stereocenters. The molecule has 0 spiro atoms. The minimum Gasteiger partial charge on any atom is -0.449 e. The summed E-state index contributed by atoms with van der Waals surface area (Å²) in [6, 6.07) is 13.4. The molecule has 0 aliphatic carbocycles. The SMILES string of the molecule is C[C@H](OC(=O)c1ccc(-n2cccn2)cc1)C(=O)Nc1ccc2[nH]c(=O)[nH]c2c1. The molecule has 2 aromatic heterocycles. The lowest BCUT2D eigenvalue weighted by molar-refractivity contribution is -0.123. The van der Waals surface area contributed by atoms with Crippen LogP contribution in [0.25, 0.3) is 16.7 Å². The predicted molar refractivity (Wildman–Crippen MR) is 106 cm³/mol. The van der Waals surface area contributed by atoms with Crippen LogP contribution in [0.3, 0.4) is 0 Å². The molecular formula is C20H17N5O4. The fourth-order valence-electron chi connectivity index (χ4n) is 2.81. The number of nitrogens with zero attached hydrogens (tertiary/aromatic N) is 2. The Balaban J connectivity index is 1.39. The van der Waals surface area contributed by atoms with Crippen molar-refractivity contribution >= 4 is 28.6 Å². The molecule has 2 heterocycles. The Kier molecular flexibility index (Phi) is 4.70. The van der Waals surface area contributed by atoms with Gasteiger partial charge in [0.2, 0.25) is 0 Å². The minimum absolute atomic E-state index is 0.326. The molecule has 0 aliphatic rings. The minimum atomic E-state index is -1.01. The number of hydrogen-bond donors (Lipinski definition) is 3. The van der Waals surface area contributed by atoms with Crippen molar-refractivity contribution in [3.63, 3.8) is 0 Å². The fraction of sp³-hybridized carbons (Fsp3) is 0.100. The van der Waals surface area contributed by atoms with Gasteiger partial charge in [0.1, 0.15) is 0 Å². The van der Waals surface area contributed by atoms with E-state index in [2.05, 4.69) is 20.4 Å². The summed E-state index contributed by atoms with van der Waals surface area (Å²) < 4.78 is 6.92. The zero-order chi connectivity index (χ0) is 20.4.